The second-order valence-electron chi connectivity index (χ2n) is 3.42. The largest absolute Gasteiger partial charge is 0.378 e. The van der Waals surface area contributed by atoms with Gasteiger partial charge in [0, 0.05) is 6.54 Å². The molecule has 0 saturated carbocycles. The first kappa shape index (κ1) is 11.9. The minimum absolute atomic E-state index is 0.259. The highest BCUT2D eigenvalue weighted by atomic mass is 19.1. The predicted octanol–water partition coefficient (Wildman–Crippen LogP) is 0.832. The maximum Gasteiger partial charge on any atom is 0.295 e. The molecular formula is C9H9FN6O2. The van der Waals surface area contributed by atoms with Crippen LogP contribution in [0.3, 0.4) is 0 Å². The summed E-state index contributed by atoms with van der Waals surface area (Å²) in [4.78, 5) is 10.1. The molecule has 1 heterocycles. The Morgan fingerprint density at radius 1 is 1.50 bits per heavy atom. The molecule has 94 valence electrons. The van der Waals surface area contributed by atoms with Crippen molar-refractivity contribution >= 4 is 11.4 Å². The van der Waals surface area contributed by atoms with Crippen molar-refractivity contribution in [3.8, 4) is 0 Å². The highest BCUT2D eigenvalue weighted by Crippen LogP contribution is 2.24. The second kappa shape index (κ2) is 5.17. The zero-order valence-corrected chi connectivity index (χ0v) is 9.15. The number of benzene rings is 1. The number of nitrogens with zero attached hydrogens (tertiary/aromatic N) is 5. The smallest absolute Gasteiger partial charge is 0.295 e. The number of nitro benzene ring substituents is 1. The van der Waals surface area contributed by atoms with Gasteiger partial charge in [-0.2, -0.15) is 0 Å². The van der Waals surface area contributed by atoms with Gasteiger partial charge in [0.25, 0.3) is 5.69 Å². The van der Waals surface area contributed by atoms with Gasteiger partial charge in [0.05, 0.1) is 17.5 Å². The number of nitro groups is 1. The number of nitrogens with one attached hydrogen (secondary N) is 1. The Labute approximate surface area is 101 Å². The molecule has 0 unspecified atom stereocenters. The van der Waals surface area contributed by atoms with Crippen LogP contribution in [0.25, 0.3) is 0 Å². The van der Waals surface area contributed by atoms with Gasteiger partial charge in [-0.05, 0) is 22.6 Å². The van der Waals surface area contributed by atoms with E-state index in [-0.39, 0.29) is 11.4 Å². The molecule has 18 heavy (non-hydrogen) atoms. The molecule has 0 spiro atoms. The summed E-state index contributed by atoms with van der Waals surface area (Å²) in [5, 5.41) is 24.1. The molecule has 2 rings (SSSR count). The molecule has 0 aliphatic rings. The van der Waals surface area contributed by atoms with Crippen LogP contribution in [0.5, 0.6) is 0 Å². The molecule has 0 fully saturated rings. The van der Waals surface area contributed by atoms with Crippen LogP contribution in [0, 0.1) is 15.9 Å². The molecule has 0 aliphatic carbocycles. The van der Waals surface area contributed by atoms with E-state index in [2.05, 4.69) is 20.8 Å². The van der Waals surface area contributed by atoms with E-state index in [4.69, 9.17) is 0 Å². The monoisotopic (exact) mass is 252 g/mol. The number of aromatic nitrogens is 4. The van der Waals surface area contributed by atoms with Crippen molar-refractivity contribution < 1.29 is 9.31 Å². The Hall–Kier alpha value is -2.58. The fourth-order valence-corrected chi connectivity index (χ4v) is 1.39. The third-order valence-corrected chi connectivity index (χ3v) is 2.20. The first-order valence-corrected chi connectivity index (χ1v) is 5.05. The lowest BCUT2D eigenvalue weighted by molar-refractivity contribution is -0.384. The van der Waals surface area contributed by atoms with E-state index in [0.717, 1.165) is 12.1 Å². The van der Waals surface area contributed by atoms with Crippen molar-refractivity contribution in [3.05, 3.63) is 40.5 Å². The lowest BCUT2D eigenvalue weighted by Gasteiger charge is -2.06. The molecular weight excluding hydrogens is 243 g/mol. The first-order valence-electron chi connectivity index (χ1n) is 5.05. The summed E-state index contributed by atoms with van der Waals surface area (Å²) in [6, 6.07) is 3.36. The van der Waals surface area contributed by atoms with E-state index in [9.17, 15) is 14.5 Å². The Morgan fingerprint density at radius 2 is 2.33 bits per heavy atom. The van der Waals surface area contributed by atoms with Crippen molar-refractivity contribution in [2.75, 3.05) is 11.9 Å². The lowest BCUT2D eigenvalue weighted by atomic mass is 10.2. The van der Waals surface area contributed by atoms with E-state index in [1.54, 1.807) is 0 Å². The Kier molecular flexibility index (Phi) is 3.41. The van der Waals surface area contributed by atoms with E-state index in [1.807, 2.05) is 0 Å². The average molecular weight is 252 g/mol. The molecule has 1 N–H and O–H groups in total. The second-order valence-corrected chi connectivity index (χ2v) is 3.42. The maximum absolute atomic E-state index is 12.9. The SMILES string of the molecule is O=[N+]([O-])c1cc(F)ccc1NCCn1cnnn1. The fourth-order valence-electron chi connectivity index (χ4n) is 1.39. The first-order chi connectivity index (χ1) is 8.66. The standard InChI is InChI=1S/C9H9FN6O2/c10-7-1-2-8(9(5-7)16(17)18)11-3-4-15-6-12-13-14-15/h1-2,5-6,11H,3-4H2. The highest BCUT2D eigenvalue weighted by molar-refractivity contribution is 5.61. The molecule has 1 aromatic carbocycles. The summed E-state index contributed by atoms with van der Waals surface area (Å²) in [7, 11) is 0. The zero-order chi connectivity index (χ0) is 13.0. The van der Waals surface area contributed by atoms with Crippen LogP contribution in [0.2, 0.25) is 0 Å². The van der Waals surface area contributed by atoms with Crippen LogP contribution in [-0.2, 0) is 6.54 Å². The predicted molar refractivity (Wildman–Crippen MR) is 59.4 cm³/mol. The summed E-state index contributed by atoms with van der Waals surface area (Å²) < 4.78 is 14.4. The molecule has 0 bridgehead atoms. The third-order valence-electron chi connectivity index (χ3n) is 2.20. The third kappa shape index (κ3) is 2.75. The lowest BCUT2D eigenvalue weighted by Crippen LogP contribution is -2.12. The number of anilines is 1. The van der Waals surface area contributed by atoms with Gasteiger partial charge in [-0.3, -0.25) is 10.1 Å². The Bertz CT molecular complexity index is 544. The summed E-state index contributed by atoms with van der Waals surface area (Å²) in [5.41, 5.74) is -0.0406. The van der Waals surface area contributed by atoms with E-state index in [1.165, 1.54) is 17.1 Å². The number of hydrogen-bond acceptors (Lipinski definition) is 6. The van der Waals surface area contributed by atoms with Crippen LogP contribution in [0.15, 0.2) is 24.5 Å². The minimum atomic E-state index is -0.646. The quantitative estimate of drug-likeness (QED) is 0.625. The molecule has 1 aromatic heterocycles. The van der Waals surface area contributed by atoms with Crippen LogP contribution < -0.4 is 5.32 Å². The van der Waals surface area contributed by atoms with Crippen molar-refractivity contribution in [1.82, 2.24) is 20.2 Å². The van der Waals surface area contributed by atoms with Crippen molar-refractivity contribution in [3.63, 3.8) is 0 Å². The van der Waals surface area contributed by atoms with Gasteiger partial charge < -0.3 is 5.32 Å². The van der Waals surface area contributed by atoms with Gasteiger partial charge in [-0.15, -0.1) is 5.10 Å². The topological polar surface area (TPSA) is 98.8 Å². The van der Waals surface area contributed by atoms with E-state index >= 15 is 0 Å². The van der Waals surface area contributed by atoms with Gasteiger partial charge in [-0.1, -0.05) is 0 Å². The summed E-state index contributed by atoms with van der Waals surface area (Å²) in [6.45, 7) is 0.832. The molecule has 8 nitrogen and oxygen atoms in total. The number of rotatable bonds is 5. The number of tetrazole rings is 1. The zero-order valence-electron chi connectivity index (χ0n) is 9.15. The summed E-state index contributed by atoms with van der Waals surface area (Å²) in [5.74, 6) is -0.646. The van der Waals surface area contributed by atoms with Gasteiger partial charge >= 0.3 is 0 Å². The molecule has 9 heteroatoms. The summed E-state index contributed by atoms with van der Waals surface area (Å²) in [6.07, 6.45) is 1.43. The minimum Gasteiger partial charge on any atom is -0.378 e. The molecule has 0 atom stereocenters. The van der Waals surface area contributed by atoms with Crippen LogP contribution in [0.1, 0.15) is 0 Å². The van der Waals surface area contributed by atoms with Crippen LogP contribution in [0.4, 0.5) is 15.8 Å². The van der Waals surface area contributed by atoms with Gasteiger partial charge in [0.2, 0.25) is 0 Å². The van der Waals surface area contributed by atoms with Crippen LogP contribution in [-0.4, -0.2) is 31.7 Å². The number of hydrogen-bond donors (Lipinski definition) is 1. The molecule has 0 aliphatic heterocycles. The molecule has 2 aromatic rings. The molecule has 0 saturated heterocycles. The van der Waals surface area contributed by atoms with Gasteiger partial charge in [0.1, 0.15) is 17.8 Å². The fraction of sp³-hybridized carbons (Fsp3) is 0.222. The Balaban J connectivity index is 2.02. The number of halogens is 1. The molecule has 0 amide bonds. The normalized spacial score (nSPS) is 10.3. The highest BCUT2D eigenvalue weighted by Gasteiger charge is 2.14. The average Bonchev–Trinajstić information content (AvgIpc) is 2.84. The van der Waals surface area contributed by atoms with Crippen molar-refractivity contribution in [2.45, 2.75) is 6.54 Å². The summed E-state index contributed by atoms with van der Waals surface area (Å²) >= 11 is 0. The maximum atomic E-state index is 12.9. The van der Waals surface area contributed by atoms with Gasteiger partial charge in [0.15, 0.2) is 0 Å². The Morgan fingerprint density at radius 3 is 3.00 bits per heavy atom. The van der Waals surface area contributed by atoms with E-state index < -0.39 is 10.7 Å². The van der Waals surface area contributed by atoms with Crippen molar-refractivity contribution in [2.24, 2.45) is 0 Å². The van der Waals surface area contributed by atoms with E-state index in [0.29, 0.717) is 13.1 Å². The van der Waals surface area contributed by atoms with Gasteiger partial charge in [-0.25, -0.2) is 9.07 Å². The molecule has 0 radical (unpaired) electrons. The van der Waals surface area contributed by atoms with Crippen molar-refractivity contribution in [1.29, 1.82) is 0 Å². The van der Waals surface area contributed by atoms with Crippen LogP contribution >= 0.6 is 0 Å².